The van der Waals surface area contributed by atoms with E-state index in [0.29, 0.717) is 29.4 Å². The molecule has 2 N–H and O–H groups in total. The van der Waals surface area contributed by atoms with Gasteiger partial charge in [0.15, 0.2) is 0 Å². The van der Waals surface area contributed by atoms with E-state index in [1.54, 1.807) is 24.3 Å². The molecule has 0 aliphatic rings. The molecule has 3 aromatic rings. The molecule has 0 aliphatic heterocycles. The second kappa shape index (κ2) is 5.64. The monoisotopic (exact) mass is 333 g/mol. The molecule has 1 heterocycles. The summed E-state index contributed by atoms with van der Waals surface area (Å²) in [5, 5.41) is 18.9. The Hall–Kier alpha value is -2.45. The van der Waals surface area contributed by atoms with Gasteiger partial charge in [0.05, 0.1) is 4.90 Å². The molecule has 0 spiro atoms. The second-order valence-corrected chi connectivity index (χ2v) is 6.57. The van der Waals surface area contributed by atoms with Crippen molar-refractivity contribution in [2.45, 2.75) is 24.7 Å². The van der Waals surface area contributed by atoms with Gasteiger partial charge in [-0.15, -0.1) is 15.0 Å². The van der Waals surface area contributed by atoms with Gasteiger partial charge in [0.1, 0.15) is 22.5 Å². The molecule has 1 aromatic heterocycles. The Morgan fingerprint density at radius 2 is 1.74 bits per heavy atom. The summed E-state index contributed by atoms with van der Waals surface area (Å²) in [5.74, 6) is -0.0976. The first-order valence-corrected chi connectivity index (χ1v) is 8.50. The van der Waals surface area contributed by atoms with Gasteiger partial charge in [0, 0.05) is 0 Å². The molecule has 2 aromatic carbocycles. The molecule has 23 heavy (non-hydrogen) atoms. The van der Waals surface area contributed by atoms with Crippen molar-refractivity contribution in [3.63, 3.8) is 0 Å². The van der Waals surface area contributed by atoms with E-state index in [1.165, 1.54) is 10.9 Å². The second-order valence-electron chi connectivity index (χ2n) is 5.15. The fraction of sp³-hybridized carbons (Fsp3) is 0.200. The quantitative estimate of drug-likeness (QED) is 0.710. The maximum atomic E-state index is 11.5. The first-order chi connectivity index (χ1) is 10.9. The zero-order valence-corrected chi connectivity index (χ0v) is 13.2. The normalized spacial score (nSPS) is 11.9. The first kappa shape index (κ1) is 15.4. The van der Waals surface area contributed by atoms with Crippen molar-refractivity contribution in [3.05, 3.63) is 42.0 Å². The summed E-state index contributed by atoms with van der Waals surface area (Å²) < 4.78 is 32.3. The highest BCUT2D eigenvalue weighted by Gasteiger charge is 2.19. The minimum absolute atomic E-state index is 0.0976. The van der Waals surface area contributed by atoms with E-state index in [-0.39, 0.29) is 16.3 Å². The molecule has 120 valence electrons. The smallest absolute Gasteiger partial charge is 0.294 e. The van der Waals surface area contributed by atoms with Crippen LogP contribution in [0.25, 0.3) is 16.7 Å². The van der Waals surface area contributed by atoms with E-state index in [9.17, 15) is 18.1 Å². The lowest BCUT2D eigenvalue weighted by molar-refractivity contribution is 0.458. The number of hydrogen-bond donors (Lipinski definition) is 2. The zero-order valence-electron chi connectivity index (χ0n) is 12.3. The lowest BCUT2D eigenvalue weighted by Crippen LogP contribution is -2.06. The van der Waals surface area contributed by atoms with E-state index in [2.05, 4.69) is 10.2 Å². The van der Waals surface area contributed by atoms with Crippen molar-refractivity contribution in [3.8, 4) is 11.4 Å². The Kier molecular flexibility index (Phi) is 3.78. The number of aryl methyl sites for hydroxylation is 1. The minimum Gasteiger partial charge on any atom is -0.505 e. The number of rotatable bonds is 4. The Morgan fingerprint density at radius 1 is 1.13 bits per heavy atom. The Morgan fingerprint density at radius 3 is 2.26 bits per heavy atom. The number of aromatic nitrogens is 3. The summed E-state index contributed by atoms with van der Waals surface area (Å²) in [4.78, 5) is 0.878. The minimum atomic E-state index is -4.40. The Bertz CT molecular complexity index is 947. The molecule has 7 nitrogen and oxygen atoms in total. The van der Waals surface area contributed by atoms with Crippen LogP contribution in [-0.4, -0.2) is 33.1 Å². The number of phenolic OH excluding ortho intramolecular Hbond substituents is 1. The van der Waals surface area contributed by atoms with Crippen LogP contribution in [0.15, 0.2) is 41.3 Å². The van der Waals surface area contributed by atoms with Crippen LogP contribution >= 0.6 is 0 Å². The van der Waals surface area contributed by atoms with Gasteiger partial charge >= 0.3 is 0 Å². The van der Waals surface area contributed by atoms with Crippen LogP contribution in [0.4, 0.5) is 0 Å². The molecule has 0 radical (unpaired) electrons. The maximum Gasteiger partial charge on any atom is 0.294 e. The number of phenols is 1. The van der Waals surface area contributed by atoms with E-state index in [4.69, 9.17) is 0 Å². The third-order valence-electron chi connectivity index (χ3n) is 3.46. The highest BCUT2D eigenvalue weighted by Crippen LogP contribution is 2.30. The number of fused-ring (bicyclic) bond motifs is 1. The van der Waals surface area contributed by atoms with Crippen LogP contribution in [0.2, 0.25) is 0 Å². The van der Waals surface area contributed by atoms with Crippen LogP contribution < -0.4 is 0 Å². The average Bonchev–Trinajstić information content (AvgIpc) is 2.92. The van der Waals surface area contributed by atoms with Crippen molar-refractivity contribution < 1.29 is 18.1 Å². The fourth-order valence-corrected chi connectivity index (χ4v) is 2.93. The standard InChI is InChI=1S/C15H15N3O4S/c1-2-5-10-8-11(23(20,21)22)9-14(15(10)19)18-16-12-6-3-4-7-13(12)17-18/h3-4,6-9,19H,2,5H2,1H3,(H,20,21,22). The zero-order chi connectivity index (χ0) is 16.6. The van der Waals surface area contributed by atoms with E-state index in [0.717, 1.165) is 6.07 Å². The predicted octanol–water partition coefficient (Wildman–Crippen LogP) is 2.33. The number of benzene rings is 2. The van der Waals surface area contributed by atoms with Gasteiger partial charge in [-0.05, 0) is 36.2 Å². The van der Waals surface area contributed by atoms with Crippen LogP contribution in [0.5, 0.6) is 5.75 Å². The first-order valence-electron chi connectivity index (χ1n) is 7.06. The SMILES string of the molecule is CCCc1cc(S(=O)(=O)O)cc(-n2nc3ccccc3n2)c1O. The average molecular weight is 333 g/mol. The molecular formula is C15H15N3O4S. The highest BCUT2D eigenvalue weighted by atomic mass is 32.2. The van der Waals surface area contributed by atoms with Gasteiger partial charge in [0.25, 0.3) is 10.1 Å². The van der Waals surface area contributed by atoms with Gasteiger partial charge < -0.3 is 5.11 Å². The molecule has 0 bridgehead atoms. The largest absolute Gasteiger partial charge is 0.505 e. The summed E-state index contributed by atoms with van der Waals surface area (Å²) in [6, 6.07) is 9.55. The fourth-order valence-electron chi connectivity index (χ4n) is 2.38. The molecule has 0 fully saturated rings. The van der Waals surface area contributed by atoms with Gasteiger partial charge in [-0.2, -0.15) is 8.42 Å². The van der Waals surface area contributed by atoms with Crippen LogP contribution in [0.3, 0.4) is 0 Å². The Balaban J connectivity index is 2.26. The number of aromatic hydroxyl groups is 1. The molecule has 3 rings (SSSR count). The summed E-state index contributed by atoms with van der Waals surface area (Å²) in [7, 11) is -4.40. The van der Waals surface area contributed by atoms with Crippen LogP contribution in [0.1, 0.15) is 18.9 Å². The van der Waals surface area contributed by atoms with Crippen molar-refractivity contribution in [2.24, 2.45) is 0 Å². The molecule has 0 unspecified atom stereocenters. The van der Waals surface area contributed by atoms with Gasteiger partial charge in [-0.25, -0.2) is 0 Å². The van der Waals surface area contributed by atoms with Crippen molar-refractivity contribution in [1.29, 1.82) is 0 Å². The molecule has 0 aliphatic carbocycles. The summed E-state index contributed by atoms with van der Waals surface area (Å²) >= 11 is 0. The molecule has 0 atom stereocenters. The van der Waals surface area contributed by atoms with E-state index >= 15 is 0 Å². The number of hydrogen-bond acceptors (Lipinski definition) is 5. The predicted molar refractivity (Wildman–Crippen MR) is 84.3 cm³/mol. The molecule has 0 amide bonds. The van der Waals surface area contributed by atoms with Crippen LogP contribution in [0, 0.1) is 0 Å². The summed E-state index contributed by atoms with van der Waals surface area (Å²) in [5.41, 5.74) is 1.75. The Labute approximate surface area is 132 Å². The van der Waals surface area contributed by atoms with Crippen LogP contribution in [-0.2, 0) is 16.5 Å². The molecule has 8 heteroatoms. The third-order valence-corrected chi connectivity index (χ3v) is 4.29. The van der Waals surface area contributed by atoms with Gasteiger partial charge in [0.2, 0.25) is 0 Å². The molecule has 0 saturated heterocycles. The van der Waals surface area contributed by atoms with Gasteiger partial charge in [-0.1, -0.05) is 25.5 Å². The lowest BCUT2D eigenvalue weighted by atomic mass is 10.1. The van der Waals surface area contributed by atoms with Crippen molar-refractivity contribution >= 4 is 21.2 Å². The lowest BCUT2D eigenvalue weighted by Gasteiger charge is -2.10. The summed E-state index contributed by atoms with van der Waals surface area (Å²) in [6.07, 6.45) is 1.17. The molecule has 0 saturated carbocycles. The van der Waals surface area contributed by atoms with E-state index in [1.807, 2.05) is 6.92 Å². The van der Waals surface area contributed by atoms with Crippen molar-refractivity contribution in [2.75, 3.05) is 0 Å². The summed E-state index contributed by atoms with van der Waals surface area (Å²) in [6.45, 7) is 1.90. The van der Waals surface area contributed by atoms with E-state index < -0.39 is 10.1 Å². The number of nitrogens with zero attached hydrogens (tertiary/aromatic N) is 3. The topological polar surface area (TPSA) is 105 Å². The highest BCUT2D eigenvalue weighted by molar-refractivity contribution is 7.85. The van der Waals surface area contributed by atoms with Crippen molar-refractivity contribution in [1.82, 2.24) is 15.0 Å². The molecular weight excluding hydrogens is 318 g/mol. The third kappa shape index (κ3) is 2.90. The maximum absolute atomic E-state index is 11.5. The van der Waals surface area contributed by atoms with Gasteiger partial charge in [-0.3, -0.25) is 4.55 Å².